The van der Waals surface area contributed by atoms with Crippen molar-refractivity contribution in [3.8, 4) is 0 Å². The van der Waals surface area contributed by atoms with E-state index < -0.39 is 0 Å². The van der Waals surface area contributed by atoms with Gasteiger partial charge in [0, 0.05) is 25.0 Å². The van der Waals surface area contributed by atoms with Crippen LogP contribution in [0.5, 0.6) is 0 Å². The molecule has 0 unspecified atom stereocenters. The maximum Gasteiger partial charge on any atom is 0.143 e. The highest BCUT2D eigenvalue weighted by Crippen LogP contribution is 2.29. The number of nitrogens with zero attached hydrogens (tertiary/aromatic N) is 2. The Kier molecular flexibility index (Phi) is 3.19. The Morgan fingerprint density at radius 2 is 2.11 bits per heavy atom. The van der Waals surface area contributed by atoms with E-state index in [1.165, 1.54) is 11.1 Å². The molecule has 1 aromatic heterocycles. The second kappa shape index (κ2) is 4.85. The maximum atomic E-state index is 5.87. The number of nitrogens with two attached hydrogens (primary N) is 1. The van der Waals surface area contributed by atoms with Crippen LogP contribution >= 0.6 is 15.9 Å². The summed E-state index contributed by atoms with van der Waals surface area (Å²) >= 11 is 3.61. The van der Waals surface area contributed by atoms with E-state index in [1.54, 1.807) is 0 Å². The van der Waals surface area contributed by atoms with Crippen molar-refractivity contribution < 1.29 is 0 Å². The average Bonchev–Trinajstić information content (AvgIpc) is 2.38. The van der Waals surface area contributed by atoms with Crippen molar-refractivity contribution >= 4 is 27.4 Å². The van der Waals surface area contributed by atoms with Gasteiger partial charge in [-0.1, -0.05) is 6.07 Å². The first-order valence-corrected chi connectivity index (χ1v) is 7.17. The van der Waals surface area contributed by atoms with Gasteiger partial charge in [0.15, 0.2) is 0 Å². The molecule has 19 heavy (non-hydrogen) atoms. The molecule has 2 N–H and O–H groups in total. The summed E-state index contributed by atoms with van der Waals surface area (Å²) in [7, 11) is 0. The highest BCUT2D eigenvalue weighted by molar-refractivity contribution is 9.10. The van der Waals surface area contributed by atoms with Gasteiger partial charge in [-0.25, -0.2) is 4.98 Å². The van der Waals surface area contributed by atoms with Gasteiger partial charge >= 0.3 is 0 Å². The summed E-state index contributed by atoms with van der Waals surface area (Å²) in [4.78, 5) is 6.84. The quantitative estimate of drug-likeness (QED) is 0.821. The zero-order valence-electron chi connectivity index (χ0n) is 10.9. The van der Waals surface area contributed by atoms with Gasteiger partial charge in [-0.2, -0.15) is 0 Å². The van der Waals surface area contributed by atoms with E-state index in [1.807, 2.05) is 19.2 Å². The van der Waals surface area contributed by atoms with E-state index in [2.05, 4.69) is 44.0 Å². The molecule has 0 radical (unpaired) electrons. The summed E-state index contributed by atoms with van der Waals surface area (Å²) in [5, 5.41) is 0. The Morgan fingerprint density at radius 3 is 2.89 bits per heavy atom. The number of benzene rings is 1. The van der Waals surface area contributed by atoms with Gasteiger partial charge < -0.3 is 10.6 Å². The fraction of sp³-hybridized carbons (Fsp3) is 0.267. The molecule has 0 spiro atoms. The Hall–Kier alpha value is -1.55. The molecule has 1 aliphatic heterocycles. The summed E-state index contributed by atoms with van der Waals surface area (Å²) in [6.45, 7) is 3.91. The van der Waals surface area contributed by atoms with Crippen LogP contribution < -0.4 is 10.6 Å². The largest absolute Gasteiger partial charge is 0.399 e. The molecule has 2 aromatic rings. The summed E-state index contributed by atoms with van der Waals surface area (Å²) < 4.78 is 1.06. The molecule has 98 valence electrons. The van der Waals surface area contributed by atoms with Crippen molar-refractivity contribution in [2.45, 2.75) is 19.9 Å². The average molecular weight is 318 g/mol. The predicted molar refractivity (Wildman–Crippen MR) is 82.3 cm³/mol. The molecule has 0 saturated carbocycles. The summed E-state index contributed by atoms with van der Waals surface area (Å²) in [6, 6.07) is 8.30. The third-order valence-electron chi connectivity index (χ3n) is 3.50. The summed E-state index contributed by atoms with van der Waals surface area (Å²) in [6.07, 6.45) is 2.95. The Labute approximate surface area is 121 Å². The van der Waals surface area contributed by atoms with Crippen molar-refractivity contribution in [3.63, 3.8) is 0 Å². The van der Waals surface area contributed by atoms with Crippen LogP contribution in [0, 0.1) is 6.92 Å². The lowest BCUT2D eigenvalue weighted by Crippen LogP contribution is -2.31. The molecule has 0 aliphatic carbocycles. The molecule has 0 saturated heterocycles. The second-order valence-electron chi connectivity index (χ2n) is 5.02. The van der Waals surface area contributed by atoms with Crippen LogP contribution in [0.3, 0.4) is 0 Å². The number of halogens is 1. The number of anilines is 2. The van der Waals surface area contributed by atoms with E-state index >= 15 is 0 Å². The van der Waals surface area contributed by atoms with Gasteiger partial charge in [0.1, 0.15) is 5.82 Å². The molecule has 0 atom stereocenters. The highest BCUT2D eigenvalue weighted by atomic mass is 79.9. The zero-order chi connectivity index (χ0) is 13.4. The van der Waals surface area contributed by atoms with E-state index in [9.17, 15) is 0 Å². The lowest BCUT2D eigenvalue weighted by molar-refractivity contribution is 0.719. The van der Waals surface area contributed by atoms with Crippen LogP contribution in [0.1, 0.15) is 16.7 Å². The smallest absolute Gasteiger partial charge is 0.143 e. The lowest BCUT2D eigenvalue weighted by atomic mass is 9.99. The van der Waals surface area contributed by atoms with Crippen LogP contribution in [-0.2, 0) is 13.0 Å². The number of hydrogen-bond donors (Lipinski definition) is 1. The molecule has 0 bridgehead atoms. The standard InChI is InChI=1S/C15H16BrN3/c1-10-6-14(16)15(18-8-10)19-5-4-11-2-3-13(17)7-12(11)9-19/h2-3,6-8H,4-5,9,17H2,1H3. The number of nitrogen functional groups attached to an aromatic ring is 1. The molecule has 1 aliphatic rings. The number of aromatic nitrogens is 1. The molecule has 0 fully saturated rings. The minimum Gasteiger partial charge on any atom is -0.399 e. The van der Waals surface area contributed by atoms with Gasteiger partial charge in [-0.15, -0.1) is 0 Å². The number of fused-ring (bicyclic) bond motifs is 1. The van der Waals surface area contributed by atoms with Gasteiger partial charge in [0.25, 0.3) is 0 Å². The van der Waals surface area contributed by atoms with Crippen LogP contribution in [0.25, 0.3) is 0 Å². The molecular weight excluding hydrogens is 302 g/mol. The van der Waals surface area contributed by atoms with Gasteiger partial charge in [0.2, 0.25) is 0 Å². The molecular formula is C15H16BrN3. The third-order valence-corrected chi connectivity index (χ3v) is 4.08. The Bertz CT molecular complexity index is 625. The molecule has 3 rings (SSSR count). The van der Waals surface area contributed by atoms with Crippen LogP contribution in [0.4, 0.5) is 11.5 Å². The Balaban J connectivity index is 1.93. The maximum absolute atomic E-state index is 5.87. The first-order chi connectivity index (χ1) is 9.13. The van der Waals surface area contributed by atoms with Crippen molar-refractivity contribution in [1.82, 2.24) is 4.98 Å². The molecule has 2 heterocycles. The van der Waals surface area contributed by atoms with E-state index in [0.717, 1.165) is 41.1 Å². The highest BCUT2D eigenvalue weighted by Gasteiger charge is 2.19. The topological polar surface area (TPSA) is 42.2 Å². The van der Waals surface area contributed by atoms with Crippen molar-refractivity contribution in [3.05, 3.63) is 51.6 Å². The lowest BCUT2D eigenvalue weighted by Gasteiger charge is -2.30. The van der Waals surface area contributed by atoms with Crippen LogP contribution in [-0.4, -0.2) is 11.5 Å². The van der Waals surface area contributed by atoms with Gasteiger partial charge in [-0.3, -0.25) is 0 Å². The molecule has 1 aromatic carbocycles. The van der Waals surface area contributed by atoms with Crippen molar-refractivity contribution in [2.75, 3.05) is 17.2 Å². The minimum atomic E-state index is 0.830. The number of rotatable bonds is 1. The van der Waals surface area contributed by atoms with E-state index in [4.69, 9.17) is 5.73 Å². The molecule has 0 amide bonds. The summed E-state index contributed by atoms with van der Waals surface area (Å²) in [5.74, 6) is 1.01. The summed E-state index contributed by atoms with van der Waals surface area (Å²) in [5.41, 5.74) is 10.6. The fourth-order valence-corrected chi connectivity index (χ4v) is 3.23. The normalized spacial score (nSPS) is 14.3. The molecule has 4 heteroatoms. The SMILES string of the molecule is Cc1cnc(N2CCc3ccc(N)cc3C2)c(Br)c1. The van der Waals surface area contributed by atoms with Gasteiger partial charge in [-0.05, 0) is 64.2 Å². The monoisotopic (exact) mass is 317 g/mol. The second-order valence-corrected chi connectivity index (χ2v) is 5.87. The predicted octanol–water partition coefficient (Wildman–Crippen LogP) is 3.30. The van der Waals surface area contributed by atoms with Crippen molar-refractivity contribution in [1.29, 1.82) is 0 Å². The van der Waals surface area contributed by atoms with Crippen LogP contribution in [0.15, 0.2) is 34.9 Å². The third kappa shape index (κ3) is 2.45. The fourth-order valence-electron chi connectivity index (χ4n) is 2.52. The number of hydrogen-bond acceptors (Lipinski definition) is 3. The first kappa shape index (κ1) is 12.5. The minimum absolute atomic E-state index is 0.830. The first-order valence-electron chi connectivity index (χ1n) is 6.38. The number of aryl methyl sites for hydroxylation is 1. The van der Waals surface area contributed by atoms with E-state index in [-0.39, 0.29) is 0 Å². The zero-order valence-corrected chi connectivity index (χ0v) is 12.4. The van der Waals surface area contributed by atoms with E-state index in [0.29, 0.717) is 0 Å². The Morgan fingerprint density at radius 1 is 1.26 bits per heavy atom. The number of pyridine rings is 1. The van der Waals surface area contributed by atoms with Gasteiger partial charge in [0.05, 0.1) is 4.47 Å². The molecule has 3 nitrogen and oxygen atoms in total. The van der Waals surface area contributed by atoms with Crippen molar-refractivity contribution in [2.24, 2.45) is 0 Å². The van der Waals surface area contributed by atoms with Crippen LogP contribution in [0.2, 0.25) is 0 Å².